The molecule has 0 atom stereocenters. The van der Waals surface area contributed by atoms with Gasteiger partial charge in [0.15, 0.2) is 0 Å². The van der Waals surface area contributed by atoms with E-state index in [9.17, 15) is 0 Å². The lowest BCUT2D eigenvalue weighted by Crippen LogP contribution is -1.94. The third-order valence-electron chi connectivity index (χ3n) is 3.21. The first kappa shape index (κ1) is 12.8. The second-order valence-electron chi connectivity index (χ2n) is 4.57. The Kier molecular flexibility index (Phi) is 3.75. The molecule has 0 saturated carbocycles. The van der Waals surface area contributed by atoms with E-state index >= 15 is 0 Å². The van der Waals surface area contributed by atoms with E-state index in [1.807, 2.05) is 12.1 Å². The van der Waals surface area contributed by atoms with Crippen molar-refractivity contribution >= 4 is 16.6 Å². The molecule has 0 heterocycles. The summed E-state index contributed by atoms with van der Waals surface area (Å²) in [4.78, 5) is 3.87. The van der Waals surface area contributed by atoms with Crippen LogP contribution in [0.1, 0.15) is 0 Å². The lowest BCUT2D eigenvalue weighted by molar-refractivity contribution is 1.33. The van der Waals surface area contributed by atoms with Gasteiger partial charge in [0.2, 0.25) is 0 Å². The maximum Gasteiger partial charge on any atom is 0.0441 e. The van der Waals surface area contributed by atoms with Gasteiger partial charge in [-0.3, -0.25) is 0 Å². The molecule has 0 saturated heterocycles. The Morgan fingerprint density at radius 2 is 1.00 bits per heavy atom. The van der Waals surface area contributed by atoms with Gasteiger partial charge in [0.25, 0.3) is 0 Å². The van der Waals surface area contributed by atoms with E-state index in [4.69, 9.17) is 5.73 Å². The maximum atomic E-state index is 6.21. The van der Waals surface area contributed by atoms with Crippen LogP contribution < -0.4 is 5.73 Å². The van der Waals surface area contributed by atoms with Crippen LogP contribution in [-0.4, -0.2) is 0 Å². The number of hydrogen-bond donors (Lipinski definition) is 2. The van der Waals surface area contributed by atoms with Gasteiger partial charge in [-0.05, 0) is 46.2 Å². The van der Waals surface area contributed by atoms with E-state index in [1.165, 1.54) is 14.7 Å². The second-order valence-corrected chi connectivity index (χ2v) is 6.75. The lowest BCUT2D eigenvalue weighted by atomic mass is 10.3. The van der Waals surface area contributed by atoms with Crippen LogP contribution in [0, 0.1) is 0 Å². The molecule has 0 bridgehead atoms. The fourth-order valence-corrected chi connectivity index (χ4v) is 4.64. The molecule has 2 N–H and O–H groups in total. The average molecular weight is 279 g/mol. The molecule has 100 valence electrons. The molecule has 20 heavy (non-hydrogen) atoms. The zero-order valence-electron chi connectivity index (χ0n) is 11.1. The molecule has 1 nitrogen and oxygen atoms in total. The quantitative estimate of drug-likeness (QED) is 0.525. The Morgan fingerprint density at radius 3 is 1.50 bits per heavy atom. The largest absolute Gasteiger partial charge is 0.398 e. The summed E-state index contributed by atoms with van der Waals surface area (Å²) in [5, 5.41) is 0. The van der Waals surface area contributed by atoms with E-state index in [1.54, 1.807) is 0 Å². The van der Waals surface area contributed by atoms with Crippen molar-refractivity contribution in [1.29, 1.82) is 0 Å². The molecule has 3 rings (SSSR count). The number of benzene rings is 3. The Bertz CT molecular complexity index is 641. The highest BCUT2D eigenvalue weighted by atomic mass is 32.2. The van der Waals surface area contributed by atoms with Crippen LogP contribution in [0.25, 0.3) is 0 Å². The summed E-state index contributed by atoms with van der Waals surface area (Å²) >= 11 is 0. The van der Waals surface area contributed by atoms with Crippen molar-refractivity contribution in [2.75, 3.05) is 5.73 Å². The monoisotopic (exact) mass is 279 g/mol. The third kappa shape index (κ3) is 2.56. The highest BCUT2D eigenvalue weighted by molar-refractivity contribution is 8.17. The molecule has 0 aliphatic rings. The van der Waals surface area contributed by atoms with E-state index < -0.39 is 10.9 Å². The minimum Gasteiger partial charge on any atom is -0.398 e. The number of para-hydroxylation sites is 1. The Morgan fingerprint density at radius 1 is 0.550 bits per heavy atom. The van der Waals surface area contributed by atoms with Crippen LogP contribution in [0.5, 0.6) is 0 Å². The topological polar surface area (TPSA) is 26.0 Å². The van der Waals surface area contributed by atoms with Gasteiger partial charge in [0.1, 0.15) is 0 Å². The Hall–Kier alpha value is -2.19. The first-order valence-corrected chi connectivity index (χ1v) is 7.95. The molecule has 0 fully saturated rings. The maximum absolute atomic E-state index is 6.21. The summed E-state index contributed by atoms with van der Waals surface area (Å²) in [5.74, 6) is 0. The SMILES string of the molecule is Nc1ccccc1[SH](c1ccccc1)c1ccccc1. The molecule has 0 radical (unpaired) electrons. The smallest absolute Gasteiger partial charge is 0.0441 e. The van der Waals surface area contributed by atoms with Gasteiger partial charge in [-0.1, -0.05) is 48.5 Å². The lowest BCUT2D eigenvalue weighted by Gasteiger charge is -2.24. The molecule has 0 aromatic heterocycles. The first-order valence-electron chi connectivity index (χ1n) is 6.61. The molecule has 3 aromatic carbocycles. The van der Waals surface area contributed by atoms with Gasteiger partial charge in [-0.15, -0.1) is 0 Å². The third-order valence-corrected chi connectivity index (χ3v) is 5.72. The second kappa shape index (κ2) is 5.85. The molecule has 0 amide bonds. The highest BCUT2D eigenvalue weighted by Crippen LogP contribution is 2.52. The van der Waals surface area contributed by atoms with Gasteiger partial charge >= 0.3 is 0 Å². The van der Waals surface area contributed by atoms with Gasteiger partial charge in [-0.2, -0.15) is 10.9 Å². The number of thiol groups is 1. The molecular formula is C18H17NS. The van der Waals surface area contributed by atoms with Crippen LogP contribution >= 0.6 is 10.9 Å². The Labute approximate surface area is 122 Å². The predicted molar refractivity (Wildman–Crippen MR) is 87.5 cm³/mol. The number of anilines is 1. The van der Waals surface area contributed by atoms with E-state index in [-0.39, 0.29) is 0 Å². The van der Waals surface area contributed by atoms with Crippen molar-refractivity contribution in [3.05, 3.63) is 84.9 Å². The summed E-state index contributed by atoms with van der Waals surface area (Å²) in [5.41, 5.74) is 7.08. The summed E-state index contributed by atoms with van der Waals surface area (Å²) < 4.78 is 0. The Balaban J connectivity index is 2.17. The zero-order chi connectivity index (χ0) is 13.8. The van der Waals surface area contributed by atoms with E-state index in [0.717, 1.165) is 5.69 Å². The molecule has 2 heteroatoms. The minimum absolute atomic E-state index is 0.592. The van der Waals surface area contributed by atoms with Gasteiger partial charge < -0.3 is 5.73 Å². The van der Waals surface area contributed by atoms with Crippen LogP contribution in [0.3, 0.4) is 0 Å². The van der Waals surface area contributed by atoms with Gasteiger partial charge in [0.05, 0.1) is 0 Å². The van der Waals surface area contributed by atoms with Crippen molar-refractivity contribution in [1.82, 2.24) is 0 Å². The van der Waals surface area contributed by atoms with Gasteiger partial charge in [-0.25, -0.2) is 0 Å². The summed E-state index contributed by atoms with van der Waals surface area (Å²) in [6.07, 6.45) is 0. The fraction of sp³-hybridized carbons (Fsp3) is 0. The van der Waals surface area contributed by atoms with Crippen molar-refractivity contribution in [3.8, 4) is 0 Å². The molecular weight excluding hydrogens is 262 g/mol. The van der Waals surface area contributed by atoms with Gasteiger partial charge in [0, 0.05) is 10.6 Å². The number of nitrogen functional groups attached to an aromatic ring is 1. The number of hydrogen-bond acceptors (Lipinski definition) is 1. The molecule has 3 aromatic rings. The summed E-state index contributed by atoms with van der Waals surface area (Å²) in [6, 6.07) is 29.4. The van der Waals surface area contributed by atoms with Crippen LogP contribution in [0.4, 0.5) is 5.69 Å². The molecule has 0 unspecified atom stereocenters. The van der Waals surface area contributed by atoms with Crippen molar-refractivity contribution in [2.45, 2.75) is 14.7 Å². The highest BCUT2D eigenvalue weighted by Gasteiger charge is 2.14. The van der Waals surface area contributed by atoms with Crippen molar-refractivity contribution in [2.24, 2.45) is 0 Å². The molecule has 0 spiro atoms. The molecule has 0 aliphatic heterocycles. The van der Waals surface area contributed by atoms with Crippen LogP contribution in [-0.2, 0) is 0 Å². The minimum atomic E-state index is -0.592. The molecule has 0 aliphatic carbocycles. The predicted octanol–water partition coefficient (Wildman–Crippen LogP) is 4.75. The van der Waals surface area contributed by atoms with Crippen LogP contribution in [0.2, 0.25) is 0 Å². The number of rotatable bonds is 3. The fourth-order valence-electron chi connectivity index (χ4n) is 2.27. The first-order chi connectivity index (χ1) is 9.86. The summed E-state index contributed by atoms with van der Waals surface area (Å²) in [6.45, 7) is 0. The standard InChI is InChI=1S/C18H17NS/c19-17-13-7-8-14-18(17)20(15-9-3-1-4-10-15)16-11-5-2-6-12-16/h1-14,20H,19H2. The summed E-state index contributed by atoms with van der Waals surface area (Å²) in [7, 11) is -0.592. The van der Waals surface area contributed by atoms with Crippen LogP contribution in [0.15, 0.2) is 99.6 Å². The van der Waals surface area contributed by atoms with E-state index in [2.05, 4.69) is 72.8 Å². The van der Waals surface area contributed by atoms with E-state index in [0.29, 0.717) is 0 Å². The average Bonchev–Trinajstić information content (AvgIpc) is 2.52. The van der Waals surface area contributed by atoms with Crippen molar-refractivity contribution < 1.29 is 0 Å². The number of nitrogens with two attached hydrogens (primary N) is 1. The normalized spacial score (nSPS) is 11.1. The zero-order valence-corrected chi connectivity index (χ0v) is 12.0. The van der Waals surface area contributed by atoms with Crippen molar-refractivity contribution in [3.63, 3.8) is 0 Å².